The molecule has 120 valence electrons. The van der Waals surface area contributed by atoms with Gasteiger partial charge >= 0.3 is 0 Å². The third kappa shape index (κ3) is 2.44. The van der Waals surface area contributed by atoms with Crippen LogP contribution in [0.25, 0.3) is 0 Å². The van der Waals surface area contributed by atoms with E-state index in [9.17, 15) is 10.2 Å². The first-order valence-electron chi connectivity index (χ1n) is 8.44. The molecule has 3 nitrogen and oxygen atoms in total. The lowest BCUT2D eigenvalue weighted by Crippen LogP contribution is -2.26. The maximum absolute atomic E-state index is 9.86. The van der Waals surface area contributed by atoms with E-state index in [0.717, 1.165) is 29.7 Å². The van der Waals surface area contributed by atoms with Gasteiger partial charge in [0.15, 0.2) is 0 Å². The summed E-state index contributed by atoms with van der Waals surface area (Å²) in [7, 11) is 0. The molecular formula is C20H22O3. The van der Waals surface area contributed by atoms with Crippen molar-refractivity contribution >= 4 is 0 Å². The Bertz CT molecular complexity index is 707. The average molecular weight is 310 g/mol. The lowest BCUT2D eigenvalue weighted by molar-refractivity contribution is 0.103. The highest BCUT2D eigenvalue weighted by Gasteiger charge is 2.45. The number of hydrogen-bond donors (Lipinski definition) is 2. The van der Waals surface area contributed by atoms with Crippen molar-refractivity contribution in [3.63, 3.8) is 0 Å². The van der Waals surface area contributed by atoms with Crippen molar-refractivity contribution in [1.82, 2.24) is 0 Å². The Labute approximate surface area is 136 Å². The number of hydrogen-bond acceptors (Lipinski definition) is 3. The van der Waals surface area contributed by atoms with E-state index in [1.807, 2.05) is 24.3 Å². The molecule has 1 aliphatic carbocycles. The van der Waals surface area contributed by atoms with Crippen LogP contribution in [0.2, 0.25) is 0 Å². The molecule has 0 aromatic heterocycles. The maximum atomic E-state index is 9.86. The lowest BCUT2D eigenvalue weighted by atomic mass is 9.80. The number of aromatic hydroxyl groups is 2. The van der Waals surface area contributed by atoms with Crippen molar-refractivity contribution in [2.75, 3.05) is 0 Å². The minimum absolute atomic E-state index is 0.0224. The standard InChI is InChI=1S/C20H22O3/c1-2-12-9-16-17-11-15(22)7-8-19(17)23-20(18(16)10-12)13-3-5-14(21)6-4-13/h3-8,11-12,16,18,20-22H,2,9-10H2,1H3/t12?,16-,18?,20?/m0/s1. The molecule has 2 aromatic rings. The van der Waals surface area contributed by atoms with E-state index >= 15 is 0 Å². The zero-order valence-corrected chi connectivity index (χ0v) is 13.3. The zero-order valence-electron chi connectivity index (χ0n) is 13.3. The molecule has 1 heterocycles. The van der Waals surface area contributed by atoms with Crippen molar-refractivity contribution in [3.8, 4) is 17.2 Å². The first kappa shape index (κ1) is 14.4. The highest BCUT2D eigenvalue weighted by molar-refractivity contribution is 5.46. The molecule has 1 aliphatic heterocycles. The Morgan fingerprint density at radius 2 is 1.74 bits per heavy atom. The number of phenols is 2. The summed E-state index contributed by atoms with van der Waals surface area (Å²) in [6.07, 6.45) is 3.52. The first-order valence-corrected chi connectivity index (χ1v) is 8.44. The summed E-state index contributed by atoms with van der Waals surface area (Å²) in [5.74, 6) is 3.06. The van der Waals surface area contributed by atoms with Gasteiger partial charge in [0.2, 0.25) is 0 Å². The molecule has 3 heteroatoms. The molecule has 0 spiro atoms. The monoisotopic (exact) mass is 310 g/mol. The fourth-order valence-corrected chi connectivity index (χ4v) is 4.34. The molecule has 4 rings (SSSR count). The Kier molecular flexibility index (Phi) is 3.44. The second-order valence-corrected chi connectivity index (χ2v) is 6.87. The van der Waals surface area contributed by atoms with Crippen LogP contribution in [0.1, 0.15) is 49.3 Å². The highest BCUT2D eigenvalue weighted by atomic mass is 16.5. The van der Waals surface area contributed by atoms with Gasteiger partial charge in [0.1, 0.15) is 23.4 Å². The summed E-state index contributed by atoms with van der Waals surface area (Å²) >= 11 is 0. The van der Waals surface area contributed by atoms with E-state index in [0.29, 0.717) is 23.5 Å². The van der Waals surface area contributed by atoms with E-state index in [1.54, 1.807) is 18.2 Å². The van der Waals surface area contributed by atoms with Crippen molar-refractivity contribution in [2.24, 2.45) is 11.8 Å². The molecule has 1 saturated carbocycles. The van der Waals surface area contributed by atoms with Crippen LogP contribution in [0, 0.1) is 11.8 Å². The van der Waals surface area contributed by atoms with E-state index in [-0.39, 0.29) is 11.9 Å². The third-order valence-electron chi connectivity index (χ3n) is 5.54. The number of fused-ring (bicyclic) bond motifs is 3. The van der Waals surface area contributed by atoms with Crippen LogP contribution in [0.15, 0.2) is 42.5 Å². The Balaban J connectivity index is 1.76. The predicted molar refractivity (Wildman–Crippen MR) is 88.8 cm³/mol. The number of benzene rings is 2. The van der Waals surface area contributed by atoms with Gasteiger partial charge in [0, 0.05) is 11.5 Å². The molecule has 23 heavy (non-hydrogen) atoms. The Morgan fingerprint density at radius 1 is 1.00 bits per heavy atom. The van der Waals surface area contributed by atoms with Crippen LogP contribution >= 0.6 is 0 Å². The van der Waals surface area contributed by atoms with Crippen LogP contribution in [-0.2, 0) is 0 Å². The van der Waals surface area contributed by atoms with Crippen molar-refractivity contribution in [3.05, 3.63) is 53.6 Å². The minimum Gasteiger partial charge on any atom is -0.508 e. The molecule has 4 atom stereocenters. The number of rotatable bonds is 2. The van der Waals surface area contributed by atoms with E-state index in [2.05, 4.69) is 6.92 Å². The number of phenolic OH excluding ortho intramolecular Hbond substituents is 2. The Morgan fingerprint density at radius 3 is 2.48 bits per heavy atom. The molecule has 2 N–H and O–H groups in total. The van der Waals surface area contributed by atoms with Gasteiger partial charge in [0.05, 0.1) is 0 Å². The molecule has 0 bridgehead atoms. The summed E-state index contributed by atoms with van der Waals surface area (Å²) in [5, 5.41) is 19.4. The molecule has 2 aliphatic rings. The highest BCUT2D eigenvalue weighted by Crippen LogP contribution is 2.56. The Hall–Kier alpha value is -2.16. The molecule has 0 amide bonds. The molecule has 0 radical (unpaired) electrons. The minimum atomic E-state index is 0.0224. The van der Waals surface area contributed by atoms with Gasteiger partial charge in [-0.25, -0.2) is 0 Å². The molecule has 1 fully saturated rings. The van der Waals surface area contributed by atoms with Crippen LogP contribution in [0.5, 0.6) is 17.2 Å². The smallest absolute Gasteiger partial charge is 0.127 e. The average Bonchev–Trinajstić information content (AvgIpc) is 3.00. The summed E-state index contributed by atoms with van der Waals surface area (Å²) in [6.45, 7) is 2.25. The summed E-state index contributed by atoms with van der Waals surface area (Å²) in [6, 6.07) is 12.8. The second kappa shape index (κ2) is 5.48. The summed E-state index contributed by atoms with van der Waals surface area (Å²) in [5.41, 5.74) is 2.27. The van der Waals surface area contributed by atoms with Crippen molar-refractivity contribution in [2.45, 2.75) is 38.2 Å². The van der Waals surface area contributed by atoms with Crippen molar-refractivity contribution < 1.29 is 14.9 Å². The fourth-order valence-electron chi connectivity index (χ4n) is 4.34. The normalized spacial score (nSPS) is 28.7. The maximum Gasteiger partial charge on any atom is 0.127 e. The van der Waals surface area contributed by atoms with Gasteiger partial charge in [-0.2, -0.15) is 0 Å². The fraction of sp³-hybridized carbons (Fsp3) is 0.400. The summed E-state index contributed by atoms with van der Waals surface area (Å²) < 4.78 is 6.33. The van der Waals surface area contributed by atoms with Crippen LogP contribution in [0.4, 0.5) is 0 Å². The van der Waals surface area contributed by atoms with Gasteiger partial charge in [-0.3, -0.25) is 0 Å². The number of ether oxygens (including phenoxy) is 1. The van der Waals surface area contributed by atoms with Gasteiger partial charge in [-0.1, -0.05) is 25.5 Å². The predicted octanol–water partition coefficient (Wildman–Crippen LogP) is 4.75. The van der Waals surface area contributed by atoms with Crippen LogP contribution < -0.4 is 4.74 Å². The van der Waals surface area contributed by atoms with E-state index in [4.69, 9.17) is 4.74 Å². The van der Waals surface area contributed by atoms with E-state index in [1.165, 1.54) is 6.42 Å². The first-order chi connectivity index (χ1) is 11.2. The van der Waals surface area contributed by atoms with Gasteiger partial charge in [-0.05, 0) is 60.6 Å². The molecule has 0 saturated heterocycles. The topological polar surface area (TPSA) is 49.7 Å². The van der Waals surface area contributed by atoms with Gasteiger partial charge in [-0.15, -0.1) is 0 Å². The van der Waals surface area contributed by atoms with Crippen molar-refractivity contribution in [1.29, 1.82) is 0 Å². The quantitative estimate of drug-likeness (QED) is 0.841. The van der Waals surface area contributed by atoms with Gasteiger partial charge in [0.25, 0.3) is 0 Å². The zero-order chi connectivity index (χ0) is 16.0. The van der Waals surface area contributed by atoms with Gasteiger partial charge < -0.3 is 14.9 Å². The van der Waals surface area contributed by atoms with Crippen LogP contribution in [-0.4, -0.2) is 10.2 Å². The molecule has 3 unspecified atom stereocenters. The molecule has 2 aromatic carbocycles. The SMILES string of the molecule is CCC1CC2C(c3ccc(O)cc3)Oc3ccc(O)cc3[C@@H]2C1. The van der Waals surface area contributed by atoms with E-state index < -0.39 is 0 Å². The van der Waals surface area contributed by atoms with Crippen LogP contribution in [0.3, 0.4) is 0 Å². The second-order valence-electron chi connectivity index (χ2n) is 6.87. The molecular weight excluding hydrogens is 288 g/mol. The largest absolute Gasteiger partial charge is 0.508 e. The third-order valence-corrected chi connectivity index (χ3v) is 5.54. The lowest BCUT2D eigenvalue weighted by Gasteiger charge is -2.36. The summed E-state index contributed by atoms with van der Waals surface area (Å²) in [4.78, 5) is 0.